The second-order valence-electron chi connectivity index (χ2n) is 4.17. The van der Waals surface area contributed by atoms with Crippen LogP contribution in [0.5, 0.6) is 0 Å². The maximum atomic E-state index is 13.8. The van der Waals surface area contributed by atoms with E-state index in [9.17, 15) is 17.6 Å². The van der Waals surface area contributed by atoms with Crippen molar-refractivity contribution >= 4 is 33.4 Å². The van der Waals surface area contributed by atoms with Crippen molar-refractivity contribution in [3.8, 4) is 0 Å². The Balaban J connectivity index is 2.56. The summed E-state index contributed by atoms with van der Waals surface area (Å²) >= 11 is 5.69. The summed E-state index contributed by atoms with van der Waals surface area (Å²) in [5, 5.41) is 9.23. The molecule has 116 valence electrons. The Bertz CT molecular complexity index is 796. The summed E-state index contributed by atoms with van der Waals surface area (Å²) in [6.45, 7) is -0.959. The van der Waals surface area contributed by atoms with E-state index in [4.69, 9.17) is 16.7 Å². The lowest BCUT2D eigenvalue weighted by Crippen LogP contribution is -2.37. The summed E-state index contributed by atoms with van der Waals surface area (Å²) in [4.78, 5) is 14.4. The largest absolute Gasteiger partial charge is 0.480 e. The highest BCUT2D eigenvalue weighted by Crippen LogP contribution is 2.24. The first-order valence-electron chi connectivity index (χ1n) is 5.93. The molecule has 9 heteroatoms. The maximum Gasteiger partial charge on any atom is 0.324 e. The van der Waals surface area contributed by atoms with Gasteiger partial charge < -0.3 is 5.11 Å². The summed E-state index contributed by atoms with van der Waals surface area (Å²) in [6.07, 6.45) is 1.17. The van der Waals surface area contributed by atoms with E-state index >= 15 is 0 Å². The monoisotopic (exact) mass is 344 g/mol. The molecule has 0 fully saturated rings. The van der Waals surface area contributed by atoms with Crippen LogP contribution in [0.3, 0.4) is 0 Å². The van der Waals surface area contributed by atoms with Gasteiger partial charge in [-0.1, -0.05) is 11.6 Å². The Morgan fingerprint density at radius 3 is 2.45 bits per heavy atom. The summed E-state index contributed by atoms with van der Waals surface area (Å²) < 4.78 is 39.3. The fourth-order valence-electron chi connectivity index (χ4n) is 1.69. The van der Waals surface area contributed by atoms with Gasteiger partial charge >= 0.3 is 5.97 Å². The predicted octanol–water partition coefficient (Wildman–Crippen LogP) is 2.15. The number of hydrogen-bond acceptors (Lipinski definition) is 4. The van der Waals surface area contributed by atoms with Crippen molar-refractivity contribution in [3.05, 3.63) is 53.4 Å². The maximum absolute atomic E-state index is 13.8. The average Bonchev–Trinajstić information content (AvgIpc) is 2.46. The number of aromatic nitrogens is 1. The Hall–Kier alpha value is -2.19. The summed E-state index contributed by atoms with van der Waals surface area (Å²) in [6, 6.07) is 7.34. The van der Waals surface area contributed by atoms with Crippen molar-refractivity contribution < 1.29 is 22.7 Å². The van der Waals surface area contributed by atoms with Crippen LogP contribution in [0, 0.1) is 5.82 Å². The average molecular weight is 345 g/mol. The van der Waals surface area contributed by atoms with E-state index in [0.717, 1.165) is 6.07 Å². The third kappa shape index (κ3) is 3.34. The molecule has 0 radical (unpaired) electrons. The second kappa shape index (κ2) is 6.29. The fourth-order valence-corrected chi connectivity index (χ4v) is 3.19. The number of benzene rings is 1. The summed E-state index contributed by atoms with van der Waals surface area (Å²) in [5.41, 5.74) is 0. The molecule has 2 rings (SSSR count). The topological polar surface area (TPSA) is 87.6 Å². The van der Waals surface area contributed by atoms with Crippen LogP contribution in [0.2, 0.25) is 5.02 Å². The van der Waals surface area contributed by atoms with Gasteiger partial charge in [0.2, 0.25) is 0 Å². The van der Waals surface area contributed by atoms with E-state index in [1.54, 1.807) is 0 Å². The standard InChI is InChI=1S/C13H10ClFN2O4S/c14-9-3-5-10(6-4-9)22(20,21)17(8-12(18)19)13-11(15)2-1-7-16-13/h1-7H,8H2,(H,18,19). The minimum atomic E-state index is -4.30. The molecule has 0 bridgehead atoms. The first-order chi connectivity index (χ1) is 10.3. The van der Waals surface area contributed by atoms with Crippen molar-refractivity contribution in [2.45, 2.75) is 4.90 Å². The molecular formula is C13H10ClFN2O4S. The van der Waals surface area contributed by atoms with E-state index in [1.807, 2.05) is 0 Å². The predicted molar refractivity (Wildman–Crippen MR) is 77.8 cm³/mol. The van der Waals surface area contributed by atoms with Crippen LogP contribution >= 0.6 is 11.6 Å². The Kier molecular flexibility index (Phi) is 4.62. The molecule has 2 aromatic rings. The normalized spacial score (nSPS) is 11.2. The van der Waals surface area contributed by atoms with Crippen LogP contribution in [-0.4, -0.2) is 31.0 Å². The van der Waals surface area contributed by atoms with Crippen LogP contribution in [0.25, 0.3) is 0 Å². The van der Waals surface area contributed by atoms with Crippen LogP contribution in [0.1, 0.15) is 0 Å². The van der Waals surface area contributed by atoms with Gasteiger partial charge in [-0.15, -0.1) is 0 Å². The zero-order chi connectivity index (χ0) is 16.3. The summed E-state index contributed by atoms with van der Waals surface area (Å²) in [7, 11) is -4.30. The molecular weight excluding hydrogens is 335 g/mol. The van der Waals surface area contributed by atoms with E-state index < -0.39 is 34.2 Å². The van der Waals surface area contributed by atoms with Gasteiger partial charge in [-0.2, -0.15) is 0 Å². The van der Waals surface area contributed by atoms with Crippen LogP contribution in [0.4, 0.5) is 10.2 Å². The van der Waals surface area contributed by atoms with Gasteiger partial charge in [-0.05, 0) is 36.4 Å². The lowest BCUT2D eigenvalue weighted by Gasteiger charge is -2.21. The van der Waals surface area contributed by atoms with Gasteiger partial charge in [-0.3, -0.25) is 4.79 Å². The number of hydrogen-bond donors (Lipinski definition) is 1. The van der Waals surface area contributed by atoms with Gasteiger partial charge in [-0.25, -0.2) is 22.1 Å². The molecule has 1 aromatic heterocycles. The highest BCUT2D eigenvalue weighted by Gasteiger charge is 2.30. The molecule has 0 saturated carbocycles. The number of halogens is 2. The van der Waals surface area contributed by atoms with Crippen molar-refractivity contribution in [2.75, 3.05) is 10.8 Å². The molecule has 0 aliphatic rings. The molecule has 1 heterocycles. The SMILES string of the molecule is O=C(O)CN(c1ncccc1F)S(=O)(=O)c1ccc(Cl)cc1. The second-order valence-corrected chi connectivity index (χ2v) is 6.47. The first kappa shape index (κ1) is 16.2. The van der Waals surface area contributed by atoms with Crippen molar-refractivity contribution in [3.63, 3.8) is 0 Å². The fraction of sp³-hybridized carbons (Fsp3) is 0.0769. The minimum absolute atomic E-state index is 0.219. The van der Waals surface area contributed by atoms with E-state index in [2.05, 4.69) is 4.98 Å². The summed E-state index contributed by atoms with van der Waals surface area (Å²) in [5.74, 6) is -2.97. The molecule has 22 heavy (non-hydrogen) atoms. The number of nitrogens with zero attached hydrogens (tertiary/aromatic N) is 2. The minimum Gasteiger partial charge on any atom is -0.480 e. The molecule has 0 saturated heterocycles. The van der Waals surface area contributed by atoms with Crippen LogP contribution < -0.4 is 4.31 Å². The molecule has 0 unspecified atom stereocenters. The Morgan fingerprint density at radius 1 is 1.27 bits per heavy atom. The zero-order valence-electron chi connectivity index (χ0n) is 11.0. The van der Waals surface area contributed by atoms with Gasteiger partial charge in [0.15, 0.2) is 11.6 Å². The van der Waals surface area contributed by atoms with E-state index in [-0.39, 0.29) is 4.90 Å². The number of rotatable bonds is 5. The number of sulfonamides is 1. The van der Waals surface area contributed by atoms with Gasteiger partial charge in [0.05, 0.1) is 4.90 Å². The van der Waals surface area contributed by atoms with Gasteiger partial charge in [0.1, 0.15) is 6.54 Å². The number of aliphatic carboxylic acids is 1. The van der Waals surface area contributed by atoms with Crippen LogP contribution in [0.15, 0.2) is 47.5 Å². The first-order valence-corrected chi connectivity index (χ1v) is 7.75. The number of carboxylic acid groups (broad SMARTS) is 1. The van der Waals surface area contributed by atoms with Gasteiger partial charge in [0, 0.05) is 11.2 Å². The molecule has 0 aliphatic heterocycles. The lowest BCUT2D eigenvalue weighted by molar-refractivity contribution is -0.135. The highest BCUT2D eigenvalue weighted by atomic mass is 35.5. The molecule has 1 aromatic carbocycles. The van der Waals surface area contributed by atoms with Crippen LogP contribution in [-0.2, 0) is 14.8 Å². The van der Waals surface area contributed by atoms with E-state index in [1.165, 1.54) is 36.5 Å². The smallest absolute Gasteiger partial charge is 0.324 e. The van der Waals surface area contributed by atoms with E-state index in [0.29, 0.717) is 9.33 Å². The van der Waals surface area contributed by atoms with Crippen molar-refractivity contribution in [1.82, 2.24) is 4.98 Å². The third-order valence-electron chi connectivity index (χ3n) is 2.66. The number of anilines is 1. The lowest BCUT2D eigenvalue weighted by atomic mass is 10.4. The molecule has 0 aliphatic carbocycles. The molecule has 6 nitrogen and oxygen atoms in total. The number of carboxylic acids is 1. The van der Waals surface area contributed by atoms with Crippen molar-refractivity contribution in [1.29, 1.82) is 0 Å². The Labute approximate surface area is 130 Å². The zero-order valence-corrected chi connectivity index (χ0v) is 12.6. The van der Waals surface area contributed by atoms with Crippen molar-refractivity contribution in [2.24, 2.45) is 0 Å². The molecule has 1 N–H and O–H groups in total. The molecule has 0 amide bonds. The third-order valence-corrected chi connectivity index (χ3v) is 4.66. The molecule has 0 atom stereocenters. The highest BCUT2D eigenvalue weighted by molar-refractivity contribution is 7.92. The number of pyridine rings is 1. The Morgan fingerprint density at radius 2 is 1.91 bits per heavy atom. The quantitative estimate of drug-likeness (QED) is 0.898. The molecule has 0 spiro atoms. The number of carbonyl (C=O) groups is 1. The van der Waals surface area contributed by atoms with Gasteiger partial charge in [0.25, 0.3) is 10.0 Å².